The Kier molecular flexibility index (Phi) is 6.44. The van der Waals surface area contributed by atoms with Crippen molar-refractivity contribution in [3.8, 4) is 5.75 Å². The Morgan fingerprint density at radius 1 is 1.24 bits per heavy atom. The molecule has 0 aliphatic carbocycles. The zero-order valence-electron chi connectivity index (χ0n) is 12.3. The minimum atomic E-state index is -3.53. The van der Waals surface area contributed by atoms with Crippen molar-refractivity contribution in [3.05, 3.63) is 29.8 Å². The van der Waals surface area contributed by atoms with Crippen molar-refractivity contribution in [2.75, 3.05) is 33.4 Å². The van der Waals surface area contributed by atoms with Crippen LogP contribution in [0.3, 0.4) is 0 Å². The van der Waals surface area contributed by atoms with Gasteiger partial charge in [-0.15, -0.1) is 0 Å². The van der Waals surface area contributed by atoms with Crippen LogP contribution in [0.2, 0.25) is 0 Å². The van der Waals surface area contributed by atoms with Crippen molar-refractivity contribution in [2.45, 2.75) is 6.61 Å². The average molecular weight is 316 g/mol. The van der Waals surface area contributed by atoms with Crippen LogP contribution in [0.1, 0.15) is 5.56 Å². The summed E-state index contributed by atoms with van der Waals surface area (Å²) in [5, 5.41) is 2.62. The van der Waals surface area contributed by atoms with Crippen LogP contribution in [-0.4, -0.2) is 52.9 Å². The number of nitrogens with zero attached hydrogens (tertiary/aromatic N) is 1. The minimum absolute atomic E-state index is 0.104. The van der Waals surface area contributed by atoms with Crippen molar-refractivity contribution in [3.63, 3.8) is 0 Å². The fraction of sp³-hybridized carbons (Fsp3) is 0.462. The average Bonchev–Trinajstić information content (AvgIpc) is 2.35. The molecule has 0 spiro atoms. The maximum Gasteiger partial charge on any atom is 0.407 e. The summed E-state index contributed by atoms with van der Waals surface area (Å²) in [7, 11) is 0.287. The number of rotatable bonds is 7. The summed E-state index contributed by atoms with van der Waals surface area (Å²) in [4.78, 5) is 13.3. The fourth-order valence-electron chi connectivity index (χ4n) is 1.40. The molecule has 0 bridgehead atoms. The lowest BCUT2D eigenvalue weighted by Gasteiger charge is -2.11. The van der Waals surface area contributed by atoms with E-state index in [4.69, 9.17) is 8.92 Å². The highest BCUT2D eigenvalue weighted by Gasteiger charge is 2.05. The molecule has 118 valence electrons. The summed E-state index contributed by atoms with van der Waals surface area (Å²) >= 11 is 0. The van der Waals surface area contributed by atoms with Gasteiger partial charge in [0.05, 0.1) is 6.26 Å². The van der Waals surface area contributed by atoms with Gasteiger partial charge in [-0.1, -0.05) is 12.1 Å². The molecule has 0 aliphatic rings. The van der Waals surface area contributed by atoms with E-state index in [1.807, 2.05) is 19.0 Å². The third-order valence-electron chi connectivity index (χ3n) is 2.37. The molecule has 1 aromatic rings. The zero-order chi connectivity index (χ0) is 15.9. The van der Waals surface area contributed by atoms with E-state index in [9.17, 15) is 13.2 Å². The van der Waals surface area contributed by atoms with Crippen LogP contribution in [0.5, 0.6) is 5.75 Å². The van der Waals surface area contributed by atoms with Gasteiger partial charge in [-0.2, -0.15) is 8.42 Å². The van der Waals surface area contributed by atoms with Gasteiger partial charge in [0.25, 0.3) is 0 Å². The molecule has 1 amide bonds. The predicted octanol–water partition coefficient (Wildman–Crippen LogP) is 0.813. The second kappa shape index (κ2) is 7.84. The molecular formula is C13H20N2O5S. The van der Waals surface area contributed by atoms with Crippen LogP contribution in [0, 0.1) is 0 Å². The van der Waals surface area contributed by atoms with Gasteiger partial charge >= 0.3 is 16.2 Å². The third kappa shape index (κ3) is 8.16. The van der Waals surface area contributed by atoms with Gasteiger partial charge in [0.1, 0.15) is 12.4 Å². The van der Waals surface area contributed by atoms with Crippen LogP contribution in [0.25, 0.3) is 0 Å². The Labute approximate surface area is 125 Å². The standard InChI is InChI=1S/C13H20N2O5S/c1-15(2)9-8-14-13(16)19-10-11-4-6-12(7-5-11)20-21(3,17)18/h4-7H,8-10H2,1-3H3,(H,14,16). The summed E-state index contributed by atoms with van der Waals surface area (Å²) in [6.07, 6.45) is 0.482. The molecule has 0 radical (unpaired) electrons. The van der Waals surface area contributed by atoms with E-state index in [0.29, 0.717) is 6.54 Å². The number of amides is 1. The van der Waals surface area contributed by atoms with Gasteiger partial charge < -0.3 is 19.1 Å². The van der Waals surface area contributed by atoms with Crippen LogP contribution in [-0.2, 0) is 21.5 Å². The highest BCUT2D eigenvalue weighted by atomic mass is 32.2. The number of benzene rings is 1. The normalized spacial score (nSPS) is 11.2. The molecule has 0 fully saturated rings. The number of carbonyl (C=O) groups is 1. The van der Waals surface area contributed by atoms with Gasteiger partial charge in [-0.3, -0.25) is 0 Å². The van der Waals surface area contributed by atoms with Crippen molar-refractivity contribution >= 4 is 16.2 Å². The van der Waals surface area contributed by atoms with E-state index >= 15 is 0 Å². The molecule has 1 aromatic carbocycles. The molecule has 7 nitrogen and oxygen atoms in total. The summed E-state index contributed by atoms with van der Waals surface area (Å²) in [5.41, 5.74) is 0.735. The first-order chi connectivity index (χ1) is 9.76. The second-order valence-corrected chi connectivity index (χ2v) is 6.31. The minimum Gasteiger partial charge on any atom is -0.445 e. The molecule has 0 unspecified atom stereocenters. The summed E-state index contributed by atoms with van der Waals surface area (Å²) < 4.78 is 31.6. The van der Waals surface area contributed by atoms with Crippen LogP contribution in [0.4, 0.5) is 4.79 Å². The van der Waals surface area contributed by atoms with Crippen molar-refractivity contribution in [2.24, 2.45) is 0 Å². The van der Waals surface area contributed by atoms with E-state index in [1.165, 1.54) is 12.1 Å². The van der Waals surface area contributed by atoms with E-state index in [1.54, 1.807) is 12.1 Å². The fourth-order valence-corrected chi connectivity index (χ4v) is 1.86. The second-order valence-electron chi connectivity index (χ2n) is 4.74. The van der Waals surface area contributed by atoms with Gasteiger partial charge in [0.2, 0.25) is 0 Å². The molecule has 21 heavy (non-hydrogen) atoms. The Hall–Kier alpha value is -1.80. The number of alkyl carbamates (subject to hydrolysis) is 1. The molecular weight excluding hydrogens is 296 g/mol. The molecule has 0 aromatic heterocycles. The highest BCUT2D eigenvalue weighted by Crippen LogP contribution is 2.14. The molecule has 8 heteroatoms. The largest absolute Gasteiger partial charge is 0.445 e. The molecule has 1 rings (SSSR count). The van der Waals surface area contributed by atoms with Crippen molar-refractivity contribution in [1.82, 2.24) is 10.2 Å². The zero-order valence-corrected chi connectivity index (χ0v) is 13.1. The lowest BCUT2D eigenvalue weighted by Crippen LogP contribution is -2.31. The maximum absolute atomic E-state index is 11.4. The molecule has 0 aliphatic heterocycles. The SMILES string of the molecule is CN(C)CCNC(=O)OCc1ccc(OS(C)(=O)=O)cc1. The summed E-state index contributed by atoms with van der Waals surface area (Å²) in [6, 6.07) is 6.27. The molecule has 0 heterocycles. The Morgan fingerprint density at radius 2 is 1.86 bits per heavy atom. The number of hydrogen-bond acceptors (Lipinski definition) is 6. The lowest BCUT2D eigenvalue weighted by molar-refractivity contribution is 0.139. The summed E-state index contributed by atoms with van der Waals surface area (Å²) in [5.74, 6) is 0.219. The number of ether oxygens (including phenoxy) is 1. The van der Waals surface area contributed by atoms with Gasteiger partial charge in [0, 0.05) is 13.1 Å². The first-order valence-corrected chi connectivity index (χ1v) is 8.11. The van der Waals surface area contributed by atoms with Crippen LogP contribution in [0.15, 0.2) is 24.3 Å². The Morgan fingerprint density at radius 3 is 2.38 bits per heavy atom. The van der Waals surface area contributed by atoms with E-state index < -0.39 is 16.2 Å². The van der Waals surface area contributed by atoms with Crippen molar-refractivity contribution < 1.29 is 22.1 Å². The third-order valence-corrected chi connectivity index (χ3v) is 2.86. The maximum atomic E-state index is 11.4. The van der Waals surface area contributed by atoms with E-state index in [2.05, 4.69) is 5.32 Å². The first kappa shape index (κ1) is 17.3. The number of hydrogen-bond donors (Lipinski definition) is 1. The van der Waals surface area contributed by atoms with Crippen molar-refractivity contribution in [1.29, 1.82) is 0 Å². The quantitative estimate of drug-likeness (QED) is 0.750. The van der Waals surface area contributed by atoms with Gasteiger partial charge in [-0.05, 0) is 31.8 Å². The molecule has 0 saturated carbocycles. The molecule has 1 N–H and O–H groups in total. The van der Waals surface area contributed by atoms with Crippen LogP contribution >= 0.6 is 0 Å². The molecule has 0 atom stereocenters. The number of nitrogens with one attached hydrogen (secondary N) is 1. The Bertz CT molecular complexity index is 554. The Balaban J connectivity index is 2.37. The smallest absolute Gasteiger partial charge is 0.407 e. The predicted molar refractivity (Wildman–Crippen MR) is 78.7 cm³/mol. The van der Waals surface area contributed by atoms with Gasteiger partial charge in [0.15, 0.2) is 0 Å². The highest BCUT2D eigenvalue weighted by molar-refractivity contribution is 7.86. The first-order valence-electron chi connectivity index (χ1n) is 6.30. The topological polar surface area (TPSA) is 84.9 Å². The molecule has 0 saturated heterocycles. The summed E-state index contributed by atoms with van der Waals surface area (Å²) in [6.45, 7) is 1.34. The number of likely N-dealkylation sites (N-methyl/N-ethyl adjacent to an activating group) is 1. The lowest BCUT2D eigenvalue weighted by atomic mass is 10.2. The van der Waals surface area contributed by atoms with Gasteiger partial charge in [-0.25, -0.2) is 4.79 Å². The monoisotopic (exact) mass is 316 g/mol. The van der Waals surface area contributed by atoms with E-state index in [-0.39, 0.29) is 12.4 Å². The van der Waals surface area contributed by atoms with Crippen LogP contribution < -0.4 is 9.50 Å². The number of carbonyl (C=O) groups excluding carboxylic acids is 1. The van der Waals surface area contributed by atoms with E-state index in [0.717, 1.165) is 18.4 Å².